The minimum atomic E-state index is -0.921. The highest BCUT2D eigenvalue weighted by molar-refractivity contribution is 7.79. The van der Waals surface area contributed by atoms with Crippen molar-refractivity contribution >= 4 is 38.5 Å². The summed E-state index contributed by atoms with van der Waals surface area (Å²) in [6, 6.07) is 7.10. The third-order valence-electron chi connectivity index (χ3n) is 3.27. The Bertz CT molecular complexity index is 550. The second kappa shape index (κ2) is 13.5. The fraction of sp³-hybridized carbons (Fsp3) is 0.500. The van der Waals surface area contributed by atoms with Gasteiger partial charge in [0.05, 0.1) is 17.7 Å². The van der Waals surface area contributed by atoms with E-state index >= 15 is 0 Å². The van der Waals surface area contributed by atoms with Crippen LogP contribution in [0.3, 0.4) is 0 Å². The lowest BCUT2D eigenvalue weighted by Crippen LogP contribution is -2.27. The van der Waals surface area contributed by atoms with Crippen molar-refractivity contribution in [3.8, 4) is 0 Å². The second-order valence-electron chi connectivity index (χ2n) is 6.20. The lowest BCUT2D eigenvalue weighted by Gasteiger charge is -2.20. The summed E-state index contributed by atoms with van der Waals surface area (Å²) in [5.74, 6) is -0.601. The first kappa shape index (κ1) is 24.3. The lowest BCUT2D eigenvalue weighted by molar-refractivity contribution is -0.150. The summed E-state index contributed by atoms with van der Waals surface area (Å²) in [4.78, 5) is 23.3. The zero-order valence-corrected chi connectivity index (χ0v) is 16.9. The summed E-state index contributed by atoms with van der Waals surface area (Å²) >= 11 is 3.53. The third kappa shape index (κ3) is 11.8. The summed E-state index contributed by atoms with van der Waals surface area (Å²) in [5, 5.41) is 0. The quantitative estimate of drug-likeness (QED) is 0.284. The molecule has 26 heavy (non-hydrogen) atoms. The van der Waals surface area contributed by atoms with Crippen LogP contribution in [0.25, 0.3) is 6.08 Å². The first-order chi connectivity index (χ1) is 12.3. The average Bonchev–Trinajstić information content (AvgIpc) is 2.61. The SMILES string of the molecule is CS.[B]C(C)(C)OC(=O)CCCCCCOC(=O)c1ccc(C=C)cc1. The minimum absolute atomic E-state index is 0.281. The number of carbonyl (C=O) groups excluding carboxylic acids is 2. The van der Waals surface area contributed by atoms with Crippen LogP contribution in [0.4, 0.5) is 0 Å². The summed E-state index contributed by atoms with van der Waals surface area (Å²) in [5.41, 5.74) is 0.575. The number of rotatable bonds is 10. The Hall–Kier alpha value is -1.69. The molecular weight excluding hydrogens is 347 g/mol. The van der Waals surface area contributed by atoms with Gasteiger partial charge in [0.15, 0.2) is 0 Å². The highest BCUT2D eigenvalue weighted by atomic mass is 32.1. The van der Waals surface area contributed by atoms with Gasteiger partial charge in [0.2, 0.25) is 0 Å². The van der Waals surface area contributed by atoms with Crippen molar-refractivity contribution in [3.05, 3.63) is 42.0 Å². The molecule has 0 heterocycles. The van der Waals surface area contributed by atoms with Gasteiger partial charge < -0.3 is 9.47 Å². The molecule has 0 unspecified atom stereocenters. The molecule has 0 atom stereocenters. The lowest BCUT2D eigenvalue weighted by atomic mass is 9.86. The monoisotopic (exact) mass is 376 g/mol. The van der Waals surface area contributed by atoms with Gasteiger partial charge >= 0.3 is 11.9 Å². The smallest absolute Gasteiger partial charge is 0.338 e. The zero-order chi connectivity index (χ0) is 20.0. The summed E-state index contributed by atoms with van der Waals surface area (Å²) in [7, 11) is 5.60. The predicted octanol–water partition coefficient (Wildman–Crippen LogP) is 4.43. The van der Waals surface area contributed by atoms with Crippen molar-refractivity contribution in [2.24, 2.45) is 0 Å². The molecule has 0 aliphatic carbocycles. The first-order valence-corrected chi connectivity index (χ1v) is 9.56. The van der Waals surface area contributed by atoms with Gasteiger partial charge in [0, 0.05) is 6.42 Å². The van der Waals surface area contributed by atoms with E-state index in [0.717, 1.165) is 31.2 Å². The molecule has 0 bridgehead atoms. The van der Waals surface area contributed by atoms with Crippen LogP contribution in [0.2, 0.25) is 0 Å². The molecule has 0 aliphatic rings. The molecule has 0 saturated carbocycles. The molecule has 0 saturated heterocycles. The Morgan fingerprint density at radius 3 is 2.23 bits per heavy atom. The molecule has 0 aromatic heterocycles. The molecule has 142 valence electrons. The van der Waals surface area contributed by atoms with E-state index in [1.165, 1.54) is 0 Å². The molecule has 4 nitrogen and oxygen atoms in total. The number of thiol groups is 1. The molecule has 6 heteroatoms. The van der Waals surface area contributed by atoms with Gasteiger partial charge in [-0.15, -0.1) is 0 Å². The Labute approximate surface area is 164 Å². The van der Waals surface area contributed by atoms with E-state index in [-0.39, 0.29) is 11.9 Å². The largest absolute Gasteiger partial charge is 0.470 e. The minimum Gasteiger partial charge on any atom is -0.470 e. The number of benzene rings is 1. The number of hydrogen-bond acceptors (Lipinski definition) is 5. The normalized spacial score (nSPS) is 10.3. The maximum atomic E-state index is 11.8. The van der Waals surface area contributed by atoms with E-state index in [0.29, 0.717) is 18.6 Å². The Morgan fingerprint density at radius 1 is 1.12 bits per heavy atom. The van der Waals surface area contributed by atoms with Gasteiger partial charge in [-0.3, -0.25) is 4.79 Å². The van der Waals surface area contributed by atoms with E-state index in [9.17, 15) is 9.59 Å². The van der Waals surface area contributed by atoms with E-state index in [1.807, 2.05) is 12.1 Å². The van der Waals surface area contributed by atoms with Crippen LogP contribution in [0.1, 0.15) is 61.9 Å². The van der Waals surface area contributed by atoms with Crippen LogP contribution in [-0.2, 0) is 14.3 Å². The van der Waals surface area contributed by atoms with Crippen molar-refractivity contribution < 1.29 is 19.1 Å². The van der Waals surface area contributed by atoms with E-state index in [1.54, 1.807) is 38.3 Å². The first-order valence-electron chi connectivity index (χ1n) is 8.67. The number of carbonyl (C=O) groups is 2. The van der Waals surface area contributed by atoms with Gasteiger partial charge in [0.1, 0.15) is 7.85 Å². The van der Waals surface area contributed by atoms with E-state index < -0.39 is 5.50 Å². The molecule has 1 aromatic carbocycles. The Kier molecular flexibility index (Phi) is 12.6. The predicted molar refractivity (Wildman–Crippen MR) is 111 cm³/mol. The fourth-order valence-electron chi connectivity index (χ4n) is 2.07. The fourth-order valence-corrected chi connectivity index (χ4v) is 2.07. The molecule has 2 radical (unpaired) electrons. The summed E-state index contributed by atoms with van der Waals surface area (Å²) in [6.07, 6.45) is 7.06. The van der Waals surface area contributed by atoms with Crippen molar-refractivity contribution in [2.75, 3.05) is 12.9 Å². The topological polar surface area (TPSA) is 52.6 Å². The molecule has 0 amide bonds. The van der Waals surface area contributed by atoms with Crippen molar-refractivity contribution in [3.63, 3.8) is 0 Å². The second-order valence-corrected chi connectivity index (χ2v) is 6.20. The molecule has 0 fully saturated rings. The molecule has 1 rings (SSSR count). The van der Waals surface area contributed by atoms with Crippen LogP contribution >= 0.6 is 12.6 Å². The average molecular weight is 376 g/mol. The maximum absolute atomic E-state index is 11.8. The van der Waals surface area contributed by atoms with Crippen LogP contribution in [-0.4, -0.2) is 38.1 Å². The summed E-state index contributed by atoms with van der Waals surface area (Å²) < 4.78 is 10.2. The molecular formula is C20H29BO4S. The zero-order valence-electron chi connectivity index (χ0n) is 16.0. The van der Waals surface area contributed by atoms with Gasteiger partial charge in [0.25, 0.3) is 0 Å². The highest BCUT2D eigenvalue weighted by Crippen LogP contribution is 2.10. The van der Waals surface area contributed by atoms with Crippen LogP contribution < -0.4 is 0 Å². The van der Waals surface area contributed by atoms with E-state index in [2.05, 4.69) is 19.2 Å². The number of hydrogen-bond donors (Lipinski definition) is 1. The number of unbranched alkanes of at least 4 members (excludes halogenated alkanes) is 3. The van der Waals surface area contributed by atoms with Gasteiger partial charge in [-0.25, -0.2) is 4.79 Å². The van der Waals surface area contributed by atoms with Gasteiger partial charge in [-0.1, -0.05) is 37.6 Å². The van der Waals surface area contributed by atoms with Crippen molar-refractivity contribution in [2.45, 2.75) is 51.5 Å². The maximum Gasteiger partial charge on any atom is 0.338 e. The highest BCUT2D eigenvalue weighted by Gasteiger charge is 2.15. The van der Waals surface area contributed by atoms with Crippen LogP contribution in [0.15, 0.2) is 30.8 Å². The van der Waals surface area contributed by atoms with Crippen LogP contribution in [0, 0.1) is 0 Å². The van der Waals surface area contributed by atoms with Crippen molar-refractivity contribution in [1.82, 2.24) is 0 Å². The van der Waals surface area contributed by atoms with Gasteiger partial charge in [-0.05, 0) is 50.6 Å². The standard InChI is InChI=1S/C19H25BO4.CH4S/c1-4-15-10-12-16(13-11-15)18(22)23-14-8-6-5-7-9-17(21)24-19(2,3)20;1-2/h4,10-13H,1,5-9,14H2,2-3H3;2H,1H3. The van der Waals surface area contributed by atoms with Crippen molar-refractivity contribution in [1.29, 1.82) is 0 Å². The molecule has 0 aliphatic heterocycles. The van der Waals surface area contributed by atoms with Crippen LogP contribution in [0.5, 0.6) is 0 Å². The third-order valence-corrected chi connectivity index (χ3v) is 3.27. The van der Waals surface area contributed by atoms with E-state index in [4.69, 9.17) is 17.3 Å². The Balaban J connectivity index is 0.00000301. The summed E-state index contributed by atoms with van der Waals surface area (Å²) in [6.45, 7) is 7.33. The molecule has 0 N–H and O–H groups in total. The molecule has 1 aromatic rings. The Morgan fingerprint density at radius 2 is 1.69 bits per heavy atom. The number of ether oxygens (including phenoxy) is 2. The molecule has 0 spiro atoms. The van der Waals surface area contributed by atoms with Gasteiger partial charge in [-0.2, -0.15) is 12.6 Å². The number of esters is 2.